The van der Waals surface area contributed by atoms with Crippen molar-refractivity contribution in [3.63, 3.8) is 0 Å². The molecule has 8 heteroatoms. The van der Waals surface area contributed by atoms with Crippen LogP contribution in [-0.2, 0) is 14.3 Å². The minimum Gasteiger partial charge on any atom is -0.495 e. The Morgan fingerprint density at radius 2 is 1.93 bits per heavy atom. The maximum atomic E-state index is 13.4. The van der Waals surface area contributed by atoms with E-state index in [0.29, 0.717) is 54.0 Å². The Morgan fingerprint density at radius 1 is 1.15 bits per heavy atom. The number of methoxy groups -OCH3 is 1. The molecule has 6 nitrogen and oxygen atoms in total. The molecule has 0 saturated carbocycles. The number of ether oxygens (including phenoxy) is 2. The van der Waals surface area contributed by atoms with Crippen molar-refractivity contribution in [3.05, 3.63) is 51.3 Å². The summed E-state index contributed by atoms with van der Waals surface area (Å²) in [5.41, 5.74) is 1.17. The SMILES string of the molecule is COc1ccc(Cl)cc1N1C(=O)C(c2cccs2)=C(N2CCOCC2)C1=O. The Morgan fingerprint density at radius 3 is 2.59 bits per heavy atom. The second kappa shape index (κ2) is 7.34. The summed E-state index contributed by atoms with van der Waals surface area (Å²) in [4.78, 5) is 30.6. The number of carbonyl (C=O) groups excluding carboxylic acids is 2. The van der Waals surface area contributed by atoms with Crippen molar-refractivity contribution >= 4 is 46.0 Å². The Kier molecular flexibility index (Phi) is 4.90. The smallest absolute Gasteiger partial charge is 0.282 e. The third-order valence-electron chi connectivity index (χ3n) is 4.54. The number of thiophene rings is 1. The van der Waals surface area contributed by atoms with Gasteiger partial charge in [-0.2, -0.15) is 0 Å². The number of amides is 2. The fourth-order valence-electron chi connectivity index (χ4n) is 3.30. The fourth-order valence-corrected chi connectivity index (χ4v) is 4.23. The summed E-state index contributed by atoms with van der Waals surface area (Å²) >= 11 is 7.56. The number of halogens is 1. The number of imide groups is 1. The summed E-state index contributed by atoms with van der Waals surface area (Å²) in [5, 5.41) is 2.31. The summed E-state index contributed by atoms with van der Waals surface area (Å²) in [7, 11) is 1.49. The third kappa shape index (κ3) is 3.12. The summed E-state index contributed by atoms with van der Waals surface area (Å²) in [6.07, 6.45) is 0. The average Bonchev–Trinajstić information content (AvgIpc) is 3.28. The van der Waals surface area contributed by atoms with Crippen LogP contribution in [0.4, 0.5) is 5.69 Å². The van der Waals surface area contributed by atoms with Gasteiger partial charge in [0.15, 0.2) is 0 Å². The van der Waals surface area contributed by atoms with Gasteiger partial charge in [-0.15, -0.1) is 11.3 Å². The Hall–Kier alpha value is -2.35. The number of hydrogen-bond acceptors (Lipinski definition) is 6. The summed E-state index contributed by atoms with van der Waals surface area (Å²) < 4.78 is 10.8. The van der Waals surface area contributed by atoms with Crippen molar-refractivity contribution in [2.75, 3.05) is 38.3 Å². The van der Waals surface area contributed by atoms with Crippen LogP contribution in [0.25, 0.3) is 5.57 Å². The first-order chi connectivity index (χ1) is 13.1. The van der Waals surface area contributed by atoms with Gasteiger partial charge in [0.05, 0.1) is 31.6 Å². The van der Waals surface area contributed by atoms with Gasteiger partial charge >= 0.3 is 0 Å². The zero-order valence-electron chi connectivity index (χ0n) is 14.6. The van der Waals surface area contributed by atoms with E-state index in [-0.39, 0.29) is 11.8 Å². The van der Waals surface area contributed by atoms with Crippen molar-refractivity contribution in [3.8, 4) is 5.75 Å². The second-order valence-corrected chi connectivity index (χ2v) is 7.45. The second-order valence-electron chi connectivity index (χ2n) is 6.06. The molecule has 1 aromatic heterocycles. The van der Waals surface area contributed by atoms with Crippen LogP contribution in [0.1, 0.15) is 4.88 Å². The predicted molar refractivity (Wildman–Crippen MR) is 104 cm³/mol. The lowest BCUT2D eigenvalue weighted by Gasteiger charge is -2.29. The zero-order chi connectivity index (χ0) is 19.0. The monoisotopic (exact) mass is 404 g/mol. The summed E-state index contributed by atoms with van der Waals surface area (Å²) in [6, 6.07) is 8.60. The maximum absolute atomic E-state index is 13.4. The first kappa shape index (κ1) is 18.0. The first-order valence-electron chi connectivity index (χ1n) is 8.45. The summed E-state index contributed by atoms with van der Waals surface area (Å²) in [6.45, 7) is 2.15. The van der Waals surface area contributed by atoms with Gasteiger partial charge in [-0.3, -0.25) is 9.59 Å². The first-order valence-corrected chi connectivity index (χ1v) is 9.70. The van der Waals surface area contributed by atoms with E-state index in [1.807, 2.05) is 22.4 Å². The van der Waals surface area contributed by atoms with Crippen molar-refractivity contribution < 1.29 is 19.1 Å². The number of hydrogen-bond donors (Lipinski definition) is 0. The van der Waals surface area contributed by atoms with E-state index in [9.17, 15) is 9.59 Å². The molecule has 0 unspecified atom stereocenters. The van der Waals surface area contributed by atoms with E-state index >= 15 is 0 Å². The molecular weight excluding hydrogens is 388 g/mol. The lowest BCUT2D eigenvalue weighted by atomic mass is 10.1. The molecule has 1 saturated heterocycles. The van der Waals surface area contributed by atoms with Gasteiger partial charge in [-0.25, -0.2) is 4.90 Å². The van der Waals surface area contributed by atoms with Crippen LogP contribution < -0.4 is 9.64 Å². The number of anilines is 1. The normalized spacial score (nSPS) is 17.9. The minimum atomic E-state index is -0.371. The molecule has 1 aromatic carbocycles. The van der Waals surface area contributed by atoms with Crippen molar-refractivity contribution in [1.29, 1.82) is 0 Å². The van der Waals surface area contributed by atoms with E-state index in [2.05, 4.69) is 0 Å². The van der Waals surface area contributed by atoms with E-state index in [1.54, 1.807) is 18.2 Å². The van der Waals surface area contributed by atoms with Gasteiger partial charge in [0.1, 0.15) is 11.4 Å². The molecule has 2 aromatic rings. The molecule has 27 heavy (non-hydrogen) atoms. The van der Waals surface area contributed by atoms with Crippen LogP contribution >= 0.6 is 22.9 Å². The van der Waals surface area contributed by atoms with E-state index in [4.69, 9.17) is 21.1 Å². The van der Waals surface area contributed by atoms with E-state index in [0.717, 1.165) is 9.78 Å². The van der Waals surface area contributed by atoms with Crippen molar-refractivity contribution in [2.45, 2.75) is 0 Å². The molecular formula is C19H17ClN2O4S. The molecule has 0 bridgehead atoms. The largest absolute Gasteiger partial charge is 0.495 e. The van der Waals surface area contributed by atoms with Crippen LogP contribution in [0.2, 0.25) is 5.02 Å². The molecule has 2 aliphatic rings. The van der Waals surface area contributed by atoms with Crippen LogP contribution in [0.3, 0.4) is 0 Å². The molecule has 1 fully saturated rings. The third-order valence-corrected chi connectivity index (χ3v) is 5.66. The average molecular weight is 405 g/mol. The van der Waals surface area contributed by atoms with Crippen molar-refractivity contribution in [2.24, 2.45) is 0 Å². The van der Waals surface area contributed by atoms with Gasteiger partial charge < -0.3 is 14.4 Å². The Bertz CT molecular complexity index is 920. The molecule has 2 amide bonds. The predicted octanol–water partition coefficient (Wildman–Crippen LogP) is 3.03. The quantitative estimate of drug-likeness (QED) is 0.733. The number of carbonyl (C=O) groups is 2. The van der Waals surface area contributed by atoms with Crippen LogP contribution in [0.5, 0.6) is 5.75 Å². The van der Waals surface area contributed by atoms with Gasteiger partial charge in [-0.05, 0) is 29.6 Å². The topological polar surface area (TPSA) is 59.1 Å². The van der Waals surface area contributed by atoms with Gasteiger partial charge in [0.2, 0.25) is 0 Å². The highest BCUT2D eigenvalue weighted by molar-refractivity contribution is 7.11. The molecule has 3 heterocycles. The molecule has 0 spiro atoms. The lowest BCUT2D eigenvalue weighted by Crippen LogP contribution is -2.40. The Balaban J connectivity index is 1.84. The number of morpholine rings is 1. The van der Waals surface area contributed by atoms with Crippen LogP contribution in [0.15, 0.2) is 41.4 Å². The molecule has 0 aliphatic carbocycles. The van der Waals surface area contributed by atoms with E-state index in [1.165, 1.54) is 18.4 Å². The van der Waals surface area contributed by atoms with Gasteiger partial charge in [0.25, 0.3) is 11.8 Å². The van der Waals surface area contributed by atoms with Crippen LogP contribution in [-0.4, -0.2) is 50.1 Å². The van der Waals surface area contributed by atoms with Gasteiger partial charge in [0, 0.05) is 23.0 Å². The van der Waals surface area contributed by atoms with Crippen LogP contribution in [0, 0.1) is 0 Å². The maximum Gasteiger partial charge on any atom is 0.282 e. The highest BCUT2D eigenvalue weighted by atomic mass is 35.5. The molecule has 0 atom stereocenters. The highest BCUT2D eigenvalue weighted by Crippen LogP contribution is 2.40. The lowest BCUT2D eigenvalue weighted by molar-refractivity contribution is -0.121. The van der Waals surface area contributed by atoms with Gasteiger partial charge in [-0.1, -0.05) is 17.7 Å². The number of rotatable bonds is 4. The summed E-state index contributed by atoms with van der Waals surface area (Å²) in [5.74, 6) is -0.328. The van der Waals surface area contributed by atoms with Crippen molar-refractivity contribution in [1.82, 2.24) is 4.90 Å². The highest BCUT2D eigenvalue weighted by Gasteiger charge is 2.44. The fraction of sp³-hybridized carbons (Fsp3) is 0.263. The molecule has 4 rings (SSSR count). The minimum absolute atomic E-state index is 0.345. The number of benzene rings is 1. The standard InChI is InChI=1S/C19H17ClN2O4S/c1-25-14-5-4-12(20)11-13(14)22-18(23)16(15-3-2-10-27-15)17(19(22)24)21-6-8-26-9-7-21/h2-5,10-11H,6-9H2,1H3. The number of nitrogens with zero attached hydrogens (tertiary/aromatic N) is 2. The molecule has 140 valence electrons. The molecule has 0 N–H and O–H groups in total. The zero-order valence-corrected chi connectivity index (χ0v) is 16.2. The Labute approximate surface area is 165 Å². The van der Waals surface area contributed by atoms with E-state index < -0.39 is 0 Å². The molecule has 2 aliphatic heterocycles. The molecule has 0 radical (unpaired) electrons.